The molecule has 0 aliphatic carbocycles. The number of nitriles is 1. The van der Waals surface area contributed by atoms with Gasteiger partial charge in [-0.1, -0.05) is 41.9 Å². The molecule has 0 unspecified atom stereocenters. The molecule has 0 saturated carbocycles. The van der Waals surface area contributed by atoms with E-state index in [0.717, 1.165) is 9.13 Å². The molecule has 128 valence electrons. The van der Waals surface area contributed by atoms with Gasteiger partial charge in [0.2, 0.25) is 0 Å². The molecule has 3 nitrogen and oxygen atoms in total. The van der Waals surface area contributed by atoms with Crippen LogP contribution in [0.25, 0.3) is 11.6 Å². The number of nitrogens with zero attached hydrogens (tertiary/aromatic N) is 1. The standard InChI is InChI=1S/C19H14Cl2INO2/c1-3-6-25-19-17(22)8-12(9-18(19)24-2)7-13(11-23)15-5-4-14(20)10-16(15)21/h3-5,7-10H,1,6H2,2H3/b13-7+. The van der Waals surface area contributed by atoms with Gasteiger partial charge in [0.25, 0.3) is 0 Å². The van der Waals surface area contributed by atoms with Crippen LogP contribution in [0.1, 0.15) is 11.1 Å². The minimum atomic E-state index is 0.380. The lowest BCUT2D eigenvalue weighted by Crippen LogP contribution is -1.99. The van der Waals surface area contributed by atoms with Crippen molar-refractivity contribution in [1.82, 2.24) is 0 Å². The molecule has 0 heterocycles. The van der Waals surface area contributed by atoms with E-state index >= 15 is 0 Å². The molecule has 0 spiro atoms. The molecule has 0 fully saturated rings. The number of rotatable bonds is 6. The maximum absolute atomic E-state index is 9.52. The Kier molecular flexibility index (Phi) is 7.18. The SMILES string of the molecule is C=CCOc1c(I)cc(/C=C(\C#N)c2ccc(Cl)cc2Cl)cc1OC. The second kappa shape index (κ2) is 9.14. The fourth-order valence-corrected chi connectivity index (χ4v) is 3.44. The van der Waals surface area contributed by atoms with Crippen LogP contribution in [0.3, 0.4) is 0 Å². The molecule has 0 N–H and O–H groups in total. The molecule has 0 saturated heterocycles. The summed E-state index contributed by atoms with van der Waals surface area (Å²) >= 11 is 14.3. The molecule has 2 aromatic carbocycles. The molecule has 2 rings (SSSR count). The summed E-state index contributed by atoms with van der Waals surface area (Å²) in [6.07, 6.45) is 3.41. The van der Waals surface area contributed by atoms with Crippen molar-refractivity contribution in [3.05, 3.63) is 67.7 Å². The second-order valence-corrected chi connectivity index (χ2v) is 6.93. The molecule has 0 atom stereocenters. The van der Waals surface area contributed by atoms with Crippen LogP contribution in [0.4, 0.5) is 0 Å². The number of allylic oxidation sites excluding steroid dienone is 1. The van der Waals surface area contributed by atoms with Crippen LogP contribution in [0, 0.1) is 14.9 Å². The number of halogens is 3. The normalized spacial score (nSPS) is 10.9. The zero-order valence-corrected chi connectivity index (χ0v) is 17.0. The van der Waals surface area contributed by atoms with Gasteiger partial charge in [0.1, 0.15) is 6.61 Å². The lowest BCUT2D eigenvalue weighted by atomic mass is 10.0. The van der Waals surface area contributed by atoms with Crippen LogP contribution in [0.2, 0.25) is 10.0 Å². The highest BCUT2D eigenvalue weighted by molar-refractivity contribution is 14.1. The average molecular weight is 486 g/mol. The van der Waals surface area contributed by atoms with Gasteiger partial charge in [-0.25, -0.2) is 0 Å². The van der Waals surface area contributed by atoms with Crippen molar-refractivity contribution < 1.29 is 9.47 Å². The van der Waals surface area contributed by atoms with Gasteiger partial charge in [-0.05, 0) is 58.5 Å². The highest BCUT2D eigenvalue weighted by atomic mass is 127. The van der Waals surface area contributed by atoms with Crippen molar-refractivity contribution in [2.45, 2.75) is 0 Å². The van der Waals surface area contributed by atoms with E-state index in [-0.39, 0.29) is 0 Å². The van der Waals surface area contributed by atoms with E-state index < -0.39 is 0 Å². The van der Waals surface area contributed by atoms with Gasteiger partial charge in [0.05, 0.1) is 27.3 Å². The van der Waals surface area contributed by atoms with Crippen LogP contribution in [0.15, 0.2) is 43.0 Å². The third kappa shape index (κ3) is 4.91. The molecule has 0 radical (unpaired) electrons. The molecular formula is C19H14Cl2INO2. The second-order valence-electron chi connectivity index (χ2n) is 4.93. The zero-order chi connectivity index (χ0) is 18.4. The lowest BCUT2D eigenvalue weighted by Gasteiger charge is -2.12. The van der Waals surface area contributed by atoms with Gasteiger partial charge in [-0.3, -0.25) is 0 Å². The van der Waals surface area contributed by atoms with Crippen LogP contribution in [0.5, 0.6) is 11.5 Å². The van der Waals surface area contributed by atoms with Crippen LogP contribution < -0.4 is 9.47 Å². The number of hydrogen-bond donors (Lipinski definition) is 0. The third-order valence-electron chi connectivity index (χ3n) is 3.25. The smallest absolute Gasteiger partial charge is 0.174 e. The van der Waals surface area contributed by atoms with Crippen LogP contribution in [-0.2, 0) is 0 Å². The number of benzene rings is 2. The first-order valence-electron chi connectivity index (χ1n) is 7.18. The van der Waals surface area contributed by atoms with Crippen molar-refractivity contribution in [3.8, 4) is 17.6 Å². The largest absolute Gasteiger partial charge is 0.493 e. The maximum Gasteiger partial charge on any atom is 0.174 e. The summed E-state index contributed by atoms with van der Waals surface area (Å²) in [5.41, 5.74) is 1.85. The average Bonchev–Trinajstić information content (AvgIpc) is 2.58. The Bertz CT molecular complexity index is 872. The van der Waals surface area contributed by atoms with Gasteiger partial charge in [0.15, 0.2) is 11.5 Å². The molecule has 6 heteroatoms. The Hall–Kier alpha value is -1.68. The topological polar surface area (TPSA) is 42.2 Å². The Labute approximate surface area is 170 Å². The summed E-state index contributed by atoms with van der Waals surface area (Å²) in [7, 11) is 1.57. The van der Waals surface area contributed by atoms with E-state index in [4.69, 9.17) is 32.7 Å². The molecule has 2 aromatic rings. The van der Waals surface area contributed by atoms with Gasteiger partial charge in [-0.2, -0.15) is 5.26 Å². The Balaban J connectivity index is 2.49. The minimum absolute atomic E-state index is 0.380. The van der Waals surface area contributed by atoms with Crippen molar-refractivity contribution in [1.29, 1.82) is 5.26 Å². The summed E-state index contributed by atoms with van der Waals surface area (Å²) in [6.45, 7) is 4.02. The van der Waals surface area contributed by atoms with E-state index in [1.807, 2.05) is 12.1 Å². The monoisotopic (exact) mass is 485 g/mol. The molecule has 25 heavy (non-hydrogen) atoms. The maximum atomic E-state index is 9.52. The van der Waals surface area contributed by atoms with Crippen molar-refractivity contribution >= 4 is 57.4 Å². The number of methoxy groups -OCH3 is 1. The molecule has 0 aliphatic heterocycles. The third-order valence-corrected chi connectivity index (χ3v) is 4.60. The first-order chi connectivity index (χ1) is 12.0. The molecular weight excluding hydrogens is 472 g/mol. The Morgan fingerprint density at radius 1 is 1.32 bits per heavy atom. The zero-order valence-electron chi connectivity index (χ0n) is 13.4. The number of hydrogen-bond acceptors (Lipinski definition) is 3. The highest BCUT2D eigenvalue weighted by Gasteiger charge is 2.12. The molecule has 0 bridgehead atoms. The van der Waals surface area contributed by atoms with Gasteiger partial charge in [0, 0.05) is 10.6 Å². The van der Waals surface area contributed by atoms with Crippen LogP contribution >= 0.6 is 45.8 Å². The van der Waals surface area contributed by atoms with Gasteiger partial charge < -0.3 is 9.47 Å². The van der Waals surface area contributed by atoms with E-state index in [0.29, 0.717) is 39.3 Å². The summed E-state index contributed by atoms with van der Waals surface area (Å²) < 4.78 is 11.9. The summed E-state index contributed by atoms with van der Waals surface area (Å²) in [6, 6.07) is 10.9. The lowest BCUT2D eigenvalue weighted by molar-refractivity contribution is 0.324. The molecule has 0 aliphatic rings. The first-order valence-corrected chi connectivity index (χ1v) is 9.02. The quantitative estimate of drug-likeness (QED) is 0.210. The summed E-state index contributed by atoms with van der Waals surface area (Å²) in [5, 5.41) is 10.5. The Morgan fingerprint density at radius 2 is 2.08 bits per heavy atom. The fraction of sp³-hybridized carbons (Fsp3) is 0.105. The summed E-state index contributed by atoms with van der Waals surface area (Å²) in [5.74, 6) is 1.22. The van der Waals surface area contributed by atoms with Gasteiger partial charge >= 0.3 is 0 Å². The van der Waals surface area contributed by atoms with Gasteiger partial charge in [-0.15, -0.1) is 0 Å². The van der Waals surface area contributed by atoms with Crippen molar-refractivity contribution in [3.63, 3.8) is 0 Å². The van der Waals surface area contributed by atoms with Crippen LogP contribution in [-0.4, -0.2) is 13.7 Å². The van der Waals surface area contributed by atoms with E-state index in [9.17, 15) is 5.26 Å². The first kappa shape index (κ1) is 19.6. The predicted molar refractivity (Wildman–Crippen MR) is 111 cm³/mol. The van der Waals surface area contributed by atoms with E-state index in [1.165, 1.54) is 0 Å². The van der Waals surface area contributed by atoms with E-state index in [2.05, 4.69) is 35.2 Å². The van der Waals surface area contributed by atoms with Crippen molar-refractivity contribution in [2.75, 3.05) is 13.7 Å². The Morgan fingerprint density at radius 3 is 2.68 bits per heavy atom. The summed E-state index contributed by atoms with van der Waals surface area (Å²) in [4.78, 5) is 0. The molecule has 0 aromatic heterocycles. The highest BCUT2D eigenvalue weighted by Crippen LogP contribution is 2.36. The minimum Gasteiger partial charge on any atom is -0.493 e. The molecule has 0 amide bonds. The number of ether oxygens (including phenoxy) is 2. The van der Waals surface area contributed by atoms with Crippen molar-refractivity contribution in [2.24, 2.45) is 0 Å². The van der Waals surface area contributed by atoms with E-state index in [1.54, 1.807) is 37.5 Å². The predicted octanol–water partition coefficient (Wildman–Crippen LogP) is 6.24. The fourth-order valence-electron chi connectivity index (χ4n) is 2.15.